The van der Waals surface area contributed by atoms with Gasteiger partial charge in [-0.25, -0.2) is 4.98 Å². The van der Waals surface area contributed by atoms with Crippen molar-refractivity contribution < 1.29 is 13.9 Å². The topological polar surface area (TPSA) is 76.4 Å². The van der Waals surface area contributed by atoms with Crippen molar-refractivity contribution in [2.45, 2.75) is 19.9 Å². The van der Waals surface area contributed by atoms with Crippen LogP contribution in [0.15, 0.2) is 46.9 Å². The van der Waals surface area contributed by atoms with Crippen molar-refractivity contribution >= 4 is 28.4 Å². The summed E-state index contributed by atoms with van der Waals surface area (Å²) >= 11 is 0. The number of carbonyl (C=O) groups excluding carboxylic acids is 1. The summed E-state index contributed by atoms with van der Waals surface area (Å²) < 4.78 is 10.6. The van der Waals surface area contributed by atoms with Crippen molar-refractivity contribution in [1.29, 1.82) is 0 Å². The fourth-order valence-electron chi connectivity index (χ4n) is 2.40. The average molecular weight is 325 g/mol. The standard InChI is InChI=1S/C18H19N3O3/c1-11(18(22)21-13-5-4-6-15(9-13)23-3)19-14-7-8-17-16(10-14)20-12(2)24-17/h4-11,19H,1-3H3,(H,21,22)/t11-/m1/s1. The van der Waals surface area contributed by atoms with E-state index in [4.69, 9.17) is 9.15 Å². The van der Waals surface area contributed by atoms with Crippen LogP contribution in [0.25, 0.3) is 11.1 Å². The molecule has 0 unspecified atom stereocenters. The third kappa shape index (κ3) is 3.48. The van der Waals surface area contributed by atoms with Crippen LogP contribution in [0, 0.1) is 6.92 Å². The maximum absolute atomic E-state index is 12.3. The number of methoxy groups -OCH3 is 1. The fraction of sp³-hybridized carbons (Fsp3) is 0.222. The Morgan fingerprint density at radius 2 is 2.04 bits per heavy atom. The molecule has 3 rings (SSSR count). The molecule has 0 radical (unpaired) electrons. The van der Waals surface area contributed by atoms with Crippen molar-refractivity contribution in [1.82, 2.24) is 4.98 Å². The van der Waals surface area contributed by atoms with Gasteiger partial charge >= 0.3 is 0 Å². The van der Waals surface area contributed by atoms with E-state index in [9.17, 15) is 4.79 Å². The second-order valence-corrected chi connectivity index (χ2v) is 5.50. The summed E-state index contributed by atoms with van der Waals surface area (Å²) in [5.41, 5.74) is 2.99. The molecule has 2 aromatic carbocycles. The molecule has 6 nitrogen and oxygen atoms in total. The molecule has 0 aliphatic rings. The van der Waals surface area contributed by atoms with E-state index in [2.05, 4.69) is 15.6 Å². The highest BCUT2D eigenvalue weighted by Crippen LogP contribution is 2.21. The Balaban J connectivity index is 1.68. The number of carbonyl (C=O) groups is 1. The zero-order chi connectivity index (χ0) is 17.1. The summed E-state index contributed by atoms with van der Waals surface area (Å²) in [6.45, 7) is 3.60. The Bertz CT molecular complexity index is 873. The lowest BCUT2D eigenvalue weighted by molar-refractivity contribution is -0.116. The molecule has 0 spiro atoms. The maximum Gasteiger partial charge on any atom is 0.246 e. The number of aromatic nitrogens is 1. The third-order valence-corrected chi connectivity index (χ3v) is 3.61. The summed E-state index contributed by atoms with van der Waals surface area (Å²) in [4.78, 5) is 16.6. The van der Waals surface area contributed by atoms with Crippen LogP contribution in [0.4, 0.5) is 11.4 Å². The van der Waals surface area contributed by atoms with E-state index in [1.807, 2.05) is 36.4 Å². The number of benzene rings is 2. The van der Waals surface area contributed by atoms with E-state index < -0.39 is 6.04 Å². The van der Waals surface area contributed by atoms with Crippen LogP contribution in [0.5, 0.6) is 5.75 Å². The van der Waals surface area contributed by atoms with E-state index in [-0.39, 0.29) is 5.91 Å². The lowest BCUT2D eigenvalue weighted by Crippen LogP contribution is -2.31. The highest BCUT2D eigenvalue weighted by molar-refractivity contribution is 5.96. The summed E-state index contributed by atoms with van der Waals surface area (Å²) in [6, 6.07) is 12.4. The summed E-state index contributed by atoms with van der Waals surface area (Å²) in [6.07, 6.45) is 0. The van der Waals surface area contributed by atoms with Gasteiger partial charge in [-0.3, -0.25) is 4.79 Å². The molecule has 0 saturated heterocycles. The highest BCUT2D eigenvalue weighted by Gasteiger charge is 2.14. The lowest BCUT2D eigenvalue weighted by atomic mass is 10.2. The Labute approximate surface area is 139 Å². The van der Waals surface area contributed by atoms with Gasteiger partial charge in [0.2, 0.25) is 5.91 Å². The molecular weight excluding hydrogens is 306 g/mol. The molecular formula is C18H19N3O3. The van der Waals surface area contributed by atoms with Crippen LogP contribution < -0.4 is 15.4 Å². The quantitative estimate of drug-likeness (QED) is 0.750. The van der Waals surface area contributed by atoms with Crippen molar-refractivity contribution in [3.63, 3.8) is 0 Å². The molecule has 0 fully saturated rings. The molecule has 2 N–H and O–H groups in total. The number of nitrogens with zero attached hydrogens (tertiary/aromatic N) is 1. The van der Waals surface area contributed by atoms with Crippen molar-refractivity contribution in [3.05, 3.63) is 48.4 Å². The highest BCUT2D eigenvalue weighted by atomic mass is 16.5. The van der Waals surface area contributed by atoms with Crippen molar-refractivity contribution in [2.24, 2.45) is 0 Å². The van der Waals surface area contributed by atoms with E-state index in [0.717, 1.165) is 16.8 Å². The number of oxazole rings is 1. The van der Waals surface area contributed by atoms with Crippen molar-refractivity contribution in [2.75, 3.05) is 17.7 Å². The number of amides is 1. The van der Waals surface area contributed by atoms with E-state index in [0.29, 0.717) is 17.3 Å². The first kappa shape index (κ1) is 15.9. The lowest BCUT2D eigenvalue weighted by Gasteiger charge is -2.15. The molecule has 0 bridgehead atoms. The van der Waals surface area contributed by atoms with Gasteiger partial charge < -0.3 is 19.8 Å². The summed E-state index contributed by atoms with van der Waals surface area (Å²) in [7, 11) is 1.59. The summed E-state index contributed by atoms with van der Waals surface area (Å²) in [5, 5.41) is 6.03. The van der Waals surface area contributed by atoms with E-state index in [1.165, 1.54) is 0 Å². The Hall–Kier alpha value is -3.02. The number of rotatable bonds is 5. The Kier molecular flexibility index (Phi) is 4.37. The van der Waals surface area contributed by atoms with Gasteiger partial charge in [-0.1, -0.05) is 6.07 Å². The first-order valence-electron chi connectivity index (χ1n) is 7.64. The van der Waals surface area contributed by atoms with Gasteiger partial charge in [-0.05, 0) is 37.3 Å². The number of aryl methyl sites for hydroxylation is 1. The van der Waals surface area contributed by atoms with E-state index in [1.54, 1.807) is 27.0 Å². The van der Waals surface area contributed by atoms with Gasteiger partial charge in [-0.15, -0.1) is 0 Å². The number of fused-ring (bicyclic) bond motifs is 1. The molecule has 0 aliphatic heterocycles. The smallest absolute Gasteiger partial charge is 0.246 e. The number of hydrogen-bond acceptors (Lipinski definition) is 5. The molecule has 1 amide bonds. The van der Waals surface area contributed by atoms with E-state index >= 15 is 0 Å². The number of anilines is 2. The number of nitrogens with one attached hydrogen (secondary N) is 2. The molecule has 0 aliphatic carbocycles. The minimum Gasteiger partial charge on any atom is -0.497 e. The van der Waals surface area contributed by atoms with Gasteiger partial charge in [0, 0.05) is 24.4 Å². The zero-order valence-corrected chi connectivity index (χ0v) is 13.8. The maximum atomic E-state index is 12.3. The van der Waals surface area contributed by atoms with Crippen LogP contribution in [0.1, 0.15) is 12.8 Å². The normalized spacial score (nSPS) is 12.0. The van der Waals surface area contributed by atoms with Crippen LogP contribution in [0.2, 0.25) is 0 Å². The second kappa shape index (κ2) is 6.62. The largest absolute Gasteiger partial charge is 0.497 e. The van der Waals surface area contributed by atoms with Crippen LogP contribution in [0.3, 0.4) is 0 Å². The Morgan fingerprint density at radius 3 is 2.83 bits per heavy atom. The predicted octanol–water partition coefficient (Wildman–Crippen LogP) is 3.58. The van der Waals surface area contributed by atoms with Gasteiger partial charge in [0.1, 0.15) is 17.3 Å². The summed E-state index contributed by atoms with van der Waals surface area (Å²) in [5.74, 6) is 1.17. The molecule has 6 heteroatoms. The Morgan fingerprint density at radius 1 is 1.21 bits per heavy atom. The molecule has 0 saturated carbocycles. The first-order valence-corrected chi connectivity index (χ1v) is 7.64. The first-order chi connectivity index (χ1) is 11.5. The molecule has 3 aromatic rings. The van der Waals surface area contributed by atoms with Gasteiger partial charge in [-0.2, -0.15) is 0 Å². The molecule has 124 valence electrons. The zero-order valence-electron chi connectivity index (χ0n) is 13.8. The molecule has 1 atom stereocenters. The monoisotopic (exact) mass is 325 g/mol. The SMILES string of the molecule is COc1cccc(NC(=O)[C@@H](C)Nc2ccc3oc(C)nc3c2)c1. The van der Waals surface area contributed by atoms with Crippen LogP contribution in [-0.2, 0) is 4.79 Å². The predicted molar refractivity (Wildman–Crippen MR) is 93.5 cm³/mol. The second-order valence-electron chi connectivity index (χ2n) is 5.50. The molecule has 1 heterocycles. The third-order valence-electron chi connectivity index (χ3n) is 3.61. The minimum absolute atomic E-state index is 0.139. The van der Waals surface area contributed by atoms with Crippen LogP contribution >= 0.6 is 0 Å². The van der Waals surface area contributed by atoms with Gasteiger partial charge in [0.15, 0.2) is 11.5 Å². The molecule has 24 heavy (non-hydrogen) atoms. The number of hydrogen-bond donors (Lipinski definition) is 2. The minimum atomic E-state index is -0.415. The average Bonchev–Trinajstić information content (AvgIpc) is 2.94. The molecule has 1 aromatic heterocycles. The van der Waals surface area contributed by atoms with Gasteiger partial charge in [0.05, 0.1) is 7.11 Å². The van der Waals surface area contributed by atoms with Crippen molar-refractivity contribution in [3.8, 4) is 5.75 Å². The fourth-order valence-corrected chi connectivity index (χ4v) is 2.40. The van der Waals surface area contributed by atoms with Crippen LogP contribution in [-0.4, -0.2) is 24.0 Å². The number of ether oxygens (including phenoxy) is 1. The van der Waals surface area contributed by atoms with Gasteiger partial charge in [0.25, 0.3) is 0 Å².